The van der Waals surface area contributed by atoms with E-state index in [1.807, 2.05) is 39.0 Å². The van der Waals surface area contributed by atoms with Gasteiger partial charge in [0.1, 0.15) is 0 Å². The second-order valence-corrected chi connectivity index (χ2v) is 5.40. The fraction of sp³-hybridized carbons (Fsp3) is 0.357. The van der Waals surface area contributed by atoms with Crippen LogP contribution in [-0.2, 0) is 0 Å². The summed E-state index contributed by atoms with van der Waals surface area (Å²) in [5.41, 5.74) is 1.34. The minimum atomic E-state index is -0.325. The van der Waals surface area contributed by atoms with Crippen molar-refractivity contribution in [3.05, 3.63) is 35.0 Å². The number of rotatable bonds is 3. The molecule has 2 aromatic rings. The molecule has 2 nitrogen and oxygen atoms in total. The zero-order valence-electron chi connectivity index (χ0n) is 10.3. The van der Waals surface area contributed by atoms with Crippen LogP contribution in [0.1, 0.15) is 37.6 Å². The fourth-order valence-corrected chi connectivity index (χ4v) is 1.98. The first kappa shape index (κ1) is 12.2. The van der Waals surface area contributed by atoms with Gasteiger partial charge in [-0.15, -0.1) is 0 Å². The molecule has 17 heavy (non-hydrogen) atoms. The third-order valence-electron chi connectivity index (χ3n) is 3.39. The minimum absolute atomic E-state index is 0.175. The number of nitrogens with one attached hydrogen (secondary N) is 1. The molecule has 0 amide bonds. The zero-order valence-corrected chi connectivity index (χ0v) is 11.1. The predicted octanol–water partition coefficient (Wildman–Crippen LogP) is 4.44. The summed E-state index contributed by atoms with van der Waals surface area (Å²) in [6.45, 7) is 5.98. The molecule has 0 unspecified atom stereocenters. The summed E-state index contributed by atoms with van der Waals surface area (Å²) < 4.78 is 0. The Morgan fingerprint density at radius 1 is 1.41 bits per heavy atom. The van der Waals surface area contributed by atoms with Crippen molar-refractivity contribution < 1.29 is 4.79 Å². The average molecular weight is 250 g/mol. The first-order valence-corrected chi connectivity index (χ1v) is 6.15. The number of aromatic amines is 1. The molecule has 0 fully saturated rings. The van der Waals surface area contributed by atoms with Crippen LogP contribution in [0.2, 0.25) is 5.02 Å². The first-order chi connectivity index (χ1) is 7.95. The number of fused-ring (bicyclic) bond motifs is 1. The van der Waals surface area contributed by atoms with E-state index < -0.39 is 0 Å². The normalized spacial score (nSPS) is 12.0. The Morgan fingerprint density at radius 3 is 2.76 bits per heavy atom. The molecule has 1 heterocycles. The highest BCUT2D eigenvalue weighted by molar-refractivity contribution is 6.31. The molecule has 0 aliphatic heterocycles. The molecule has 90 valence electrons. The van der Waals surface area contributed by atoms with E-state index in [4.69, 9.17) is 11.6 Å². The maximum Gasteiger partial charge on any atom is 0.170 e. The van der Waals surface area contributed by atoms with E-state index in [-0.39, 0.29) is 11.2 Å². The molecule has 0 radical (unpaired) electrons. The second kappa shape index (κ2) is 4.19. The first-order valence-electron chi connectivity index (χ1n) is 5.77. The van der Waals surface area contributed by atoms with Gasteiger partial charge in [-0.3, -0.25) is 4.79 Å². The van der Waals surface area contributed by atoms with Gasteiger partial charge in [0.05, 0.1) is 0 Å². The van der Waals surface area contributed by atoms with Crippen LogP contribution in [0.25, 0.3) is 10.9 Å². The number of carbonyl (C=O) groups is 1. The van der Waals surface area contributed by atoms with Crippen LogP contribution < -0.4 is 0 Å². The van der Waals surface area contributed by atoms with Gasteiger partial charge in [-0.25, -0.2) is 0 Å². The molecule has 1 aromatic carbocycles. The SMILES string of the molecule is CCC(C)(C)C(=O)c1c[nH]c2cc(Cl)ccc12. The van der Waals surface area contributed by atoms with Crippen molar-refractivity contribution in [1.82, 2.24) is 4.98 Å². The number of benzene rings is 1. The Bertz CT molecular complexity index is 569. The fourth-order valence-electron chi connectivity index (χ4n) is 1.81. The van der Waals surface area contributed by atoms with Gasteiger partial charge in [0.15, 0.2) is 5.78 Å². The average Bonchev–Trinajstić information content (AvgIpc) is 2.70. The van der Waals surface area contributed by atoms with E-state index in [1.165, 1.54) is 0 Å². The van der Waals surface area contributed by atoms with E-state index in [0.717, 1.165) is 22.9 Å². The van der Waals surface area contributed by atoms with Gasteiger partial charge in [-0.05, 0) is 18.6 Å². The van der Waals surface area contributed by atoms with Crippen LogP contribution >= 0.6 is 11.6 Å². The van der Waals surface area contributed by atoms with Crippen LogP contribution in [0.3, 0.4) is 0 Å². The lowest BCUT2D eigenvalue weighted by molar-refractivity contribution is 0.0835. The number of carbonyl (C=O) groups excluding carboxylic acids is 1. The molecular formula is C14H16ClNO. The minimum Gasteiger partial charge on any atom is -0.360 e. The summed E-state index contributed by atoms with van der Waals surface area (Å²) in [6.07, 6.45) is 2.60. The molecule has 2 rings (SSSR count). The molecular weight excluding hydrogens is 234 g/mol. The van der Waals surface area contributed by atoms with Gasteiger partial charge in [-0.2, -0.15) is 0 Å². The Morgan fingerprint density at radius 2 is 2.12 bits per heavy atom. The number of H-pyrrole nitrogens is 1. The summed E-state index contributed by atoms with van der Waals surface area (Å²) in [5, 5.41) is 1.62. The lowest BCUT2D eigenvalue weighted by Crippen LogP contribution is -2.23. The Kier molecular flexibility index (Phi) is 3.00. The topological polar surface area (TPSA) is 32.9 Å². The lowest BCUT2D eigenvalue weighted by atomic mass is 9.82. The number of halogens is 1. The summed E-state index contributed by atoms with van der Waals surface area (Å²) >= 11 is 5.92. The van der Waals surface area contributed by atoms with Gasteiger partial charge in [0.2, 0.25) is 0 Å². The molecule has 1 aromatic heterocycles. The quantitative estimate of drug-likeness (QED) is 0.802. The van der Waals surface area contributed by atoms with Gasteiger partial charge < -0.3 is 4.98 Å². The van der Waals surface area contributed by atoms with Crippen molar-refractivity contribution in [1.29, 1.82) is 0 Å². The Labute approximate surface area is 106 Å². The van der Waals surface area contributed by atoms with Crippen molar-refractivity contribution >= 4 is 28.3 Å². The molecule has 1 N–H and O–H groups in total. The number of Topliss-reactive ketones (excluding diaryl/α,β-unsaturated/α-hetero) is 1. The van der Waals surface area contributed by atoms with Crippen molar-refractivity contribution in [2.24, 2.45) is 5.41 Å². The number of ketones is 1. The largest absolute Gasteiger partial charge is 0.360 e. The van der Waals surface area contributed by atoms with Crippen LogP contribution in [-0.4, -0.2) is 10.8 Å². The molecule has 0 saturated carbocycles. The molecule has 0 spiro atoms. The van der Waals surface area contributed by atoms with Gasteiger partial charge in [0.25, 0.3) is 0 Å². The van der Waals surface area contributed by atoms with Gasteiger partial charge in [-0.1, -0.05) is 38.4 Å². The highest BCUT2D eigenvalue weighted by Gasteiger charge is 2.28. The maximum absolute atomic E-state index is 12.4. The maximum atomic E-state index is 12.4. The predicted molar refractivity (Wildman–Crippen MR) is 71.7 cm³/mol. The smallest absolute Gasteiger partial charge is 0.170 e. The molecule has 0 aliphatic rings. The summed E-state index contributed by atoms with van der Waals surface area (Å²) in [5.74, 6) is 0.175. The Balaban J connectivity index is 2.54. The van der Waals surface area contributed by atoms with Crippen molar-refractivity contribution in [2.45, 2.75) is 27.2 Å². The third kappa shape index (κ3) is 2.09. The van der Waals surface area contributed by atoms with Crippen LogP contribution in [0, 0.1) is 5.41 Å². The monoisotopic (exact) mass is 249 g/mol. The van der Waals surface area contributed by atoms with Gasteiger partial charge >= 0.3 is 0 Å². The van der Waals surface area contributed by atoms with E-state index in [1.54, 1.807) is 6.20 Å². The highest BCUT2D eigenvalue weighted by atomic mass is 35.5. The zero-order chi connectivity index (χ0) is 12.6. The molecule has 0 atom stereocenters. The van der Waals surface area contributed by atoms with Crippen molar-refractivity contribution in [3.8, 4) is 0 Å². The lowest BCUT2D eigenvalue weighted by Gasteiger charge is -2.20. The molecule has 0 bridgehead atoms. The summed E-state index contributed by atoms with van der Waals surface area (Å²) in [6, 6.07) is 5.55. The number of hydrogen-bond acceptors (Lipinski definition) is 1. The van der Waals surface area contributed by atoms with E-state index in [9.17, 15) is 4.79 Å². The highest BCUT2D eigenvalue weighted by Crippen LogP contribution is 2.30. The van der Waals surface area contributed by atoms with Crippen molar-refractivity contribution in [3.63, 3.8) is 0 Å². The Hall–Kier alpha value is -1.28. The van der Waals surface area contributed by atoms with Gasteiger partial charge in [0, 0.05) is 33.1 Å². The van der Waals surface area contributed by atoms with Crippen LogP contribution in [0.4, 0.5) is 0 Å². The number of hydrogen-bond donors (Lipinski definition) is 1. The summed E-state index contributed by atoms with van der Waals surface area (Å²) in [7, 11) is 0. The third-order valence-corrected chi connectivity index (χ3v) is 3.62. The molecule has 0 saturated heterocycles. The second-order valence-electron chi connectivity index (χ2n) is 4.96. The van der Waals surface area contributed by atoms with Crippen LogP contribution in [0.15, 0.2) is 24.4 Å². The van der Waals surface area contributed by atoms with E-state index >= 15 is 0 Å². The standard InChI is InChI=1S/C14H16ClNO/c1-4-14(2,3)13(17)11-8-16-12-7-9(15)5-6-10(11)12/h5-8,16H,4H2,1-3H3. The van der Waals surface area contributed by atoms with Crippen LogP contribution in [0.5, 0.6) is 0 Å². The van der Waals surface area contributed by atoms with E-state index in [0.29, 0.717) is 5.02 Å². The molecule has 3 heteroatoms. The van der Waals surface area contributed by atoms with Crippen molar-refractivity contribution in [2.75, 3.05) is 0 Å². The number of aromatic nitrogens is 1. The van der Waals surface area contributed by atoms with E-state index in [2.05, 4.69) is 4.98 Å². The summed E-state index contributed by atoms with van der Waals surface area (Å²) in [4.78, 5) is 15.5. The molecule has 0 aliphatic carbocycles.